The van der Waals surface area contributed by atoms with E-state index in [-0.39, 0.29) is 6.04 Å². The first-order valence-electron chi connectivity index (χ1n) is 5.34. The summed E-state index contributed by atoms with van der Waals surface area (Å²) in [7, 11) is 1.62. The first kappa shape index (κ1) is 13.3. The lowest BCUT2D eigenvalue weighted by molar-refractivity contribution is 0.414. The van der Waals surface area contributed by atoms with Crippen LogP contribution in [0.2, 0.25) is 5.02 Å². The van der Waals surface area contributed by atoms with Crippen molar-refractivity contribution < 1.29 is 4.74 Å². The molecular weight excluding hydrogens is 224 g/mol. The smallest absolute Gasteiger partial charge is 0.137 e. The maximum Gasteiger partial charge on any atom is 0.137 e. The van der Waals surface area contributed by atoms with E-state index in [1.807, 2.05) is 26.0 Å². The molecule has 0 aliphatic heterocycles. The molecule has 0 aromatic heterocycles. The van der Waals surface area contributed by atoms with Crippen molar-refractivity contribution in [3.63, 3.8) is 0 Å². The Morgan fingerprint density at radius 2 is 2.19 bits per heavy atom. The van der Waals surface area contributed by atoms with Gasteiger partial charge < -0.3 is 15.8 Å². The summed E-state index contributed by atoms with van der Waals surface area (Å²) < 4.78 is 5.15. The Kier molecular flexibility index (Phi) is 5.06. The first-order chi connectivity index (χ1) is 7.54. The van der Waals surface area contributed by atoms with Crippen molar-refractivity contribution >= 4 is 11.6 Å². The molecule has 0 saturated carbocycles. The second kappa shape index (κ2) is 6.09. The SMILES string of the molecule is COc1cc(C)c(CNCC(C)N)cc1Cl. The summed E-state index contributed by atoms with van der Waals surface area (Å²) >= 11 is 6.07. The highest BCUT2D eigenvalue weighted by molar-refractivity contribution is 6.32. The van der Waals surface area contributed by atoms with Crippen LogP contribution in [0, 0.1) is 6.92 Å². The molecule has 0 spiro atoms. The van der Waals surface area contributed by atoms with Crippen molar-refractivity contribution in [3.8, 4) is 5.75 Å². The third-order valence-electron chi connectivity index (χ3n) is 2.39. The molecule has 16 heavy (non-hydrogen) atoms. The molecule has 4 heteroatoms. The fourth-order valence-corrected chi connectivity index (χ4v) is 1.74. The van der Waals surface area contributed by atoms with Crippen LogP contribution < -0.4 is 15.8 Å². The molecule has 1 aromatic rings. The molecular formula is C12H19ClN2O. The van der Waals surface area contributed by atoms with Crippen LogP contribution in [0.4, 0.5) is 0 Å². The summed E-state index contributed by atoms with van der Waals surface area (Å²) in [5.74, 6) is 0.718. The zero-order valence-electron chi connectivity index (χ0n) is 10.0. The second-order valence-electron chi connectivity index (χ2n) is 4.02. The number of rotatable bonds is 5. The van der Waals surface area contributed by atoms with Crippen LogP contribution in [0.5, 0.6) is 5.75 Å². The number of hydrogen-bond donors (Lipinski definition) is 2. The molecule has 1 atom stereocenters. The van der Waals surface area contributed by atoms with Crippen LogP contribution in [-0.4, -0.2) is 19.7 Å². The number of methoxy groups -OCH3 is 1. The molecule has 0 bridgehead atoms. The van der Waals surface area contributed by atoms with Gasteiger partial charge in [0.05, 0.1) is 12.1 Å². The maximum absolute atomic E-state index is 6.07. The lowest BCUT2D eigenvalue weighted by Gasteiger charge is -2.12. The molecule has 1 rings (SSSR count). The van der Waals surface area contributed by atoms with Gasteiger partial charge >= 0.3 is 0 Å². The van der Waals surface area contributed by atoms with Gasteiger partial charge in [-0.1, -0.05) is 11.6 Å². The van der Waals surface area contributed by atoms with Crippen LogP contribution in [0.3, 0.4) is 0 Å². The monoisotopic (exact) mass is 242 g/mol. The molecule has 0 aliphatic carbocycles. The Labute approximate surface area is 102 Å². The summed E-state index contributed by atoms with van der Waals surface area (Å²) in [6, 6.07) is 4.05. The van der Waals surface area contributed by atoms with Gasteiger partial charge in [0.1, 0.15) is 5.75 Å². The summed E-state index contributed by atoms with van der Waals surface area (Å²) in [5, 5.41) is 3.93. The zero-order chi connectivity index (χ0) is 12.1. The van der Waals surface area contributed by atoms with Gasteiger partial charge in [0.2, 0.25) is 0 Å². The first-order valence-corrected chi connectivity index (χ1v) is 5.71. The third kappa shape index (κ3) is 3.67. The normalized spacial score (nSPS) is 12.6. The summed E-state index contributed by atoms with van der Waals surface area (Å²) in [5.41, 5.74) is 8.00. The van der Waals surface area contributed by atoms with Gasteiger partial charge in [-0.2, -0.15) is 0 Å². The quantitative estimate of drug-likeness (QED) is 0.831. The van der Waals surface area contributed by atoms with Gasteiger partial charge in [-0.3, -0.25) is 0 Å². The van der Waals surface area contributed by atoms with Crippen LogP contribution in [0.25, 0.3) is 0 Å². The maximum atomic E-state index is 6.07. The number of aryl methyl sites for hydroxylation is 1. The predicted octanol–water partition coefficient (Wildman–Crippen LogP) is 2.09. The Morgan fingerprint density at radius 3 is 2.75 bits per heavy atom. The summed E-state index contributed by atoms with van der Waals surface area (Å²) in [4.78, 5) is 0. The Hall–Kier alpha value is -0.770. The molecule has 3 nitrogen and oxygen atoms in total. The van der Waals surface area contributed by atoms with E-state index in [1.54, 1.807) is 7.11 Å². The number of halogens is 1. The van der Waals surface area contributed by atoms with Gasteiger partial charge in [0.25, 0.3) is 0 Å². The van der Waals surface area contributed by atoms with Crippen molar-refractivity contribution in [1.29, 1.82) is 0 Å². The van der Waals surface area contributed by atoms with Gasteiger partial charge in [-0.15, -0.1) is 0 Å². The molecule has 0 heterocycles. The van der Waals surface area contributed by atoms with E-state index < -0.39 is 0 Å². The van der Waals surface area contributed by atoms with Gasteiger partial charge in [0, 0.05) is 19.1 Å². The average molecular weight is 243 g/mol. The van der Waals surface area contributed by atoms with Crippen molar-refractivity contribution in [3.05, 3.63) is 28.3 Å². The van der Waals surface area contributed by atoms with E-state index in [2.05, 4.69) is 5.32 Å². The minimum absolute atomic E-state index is 0.161. The fourth-order valence-electron chi connectivity index (χ4n) is 1.48. The Balaban J connectivity index is 2.70. The van der Waals surface area contributed by atoms with Crippen molar-refractivity contribution in [2.45, 2.75) is 26.4 Å². The number of benzene rings is 1. The topological polar surface area (TPSA) is 47.3 Å². The molecule has 0 saturated heterocycles. The Bertz CT molecular complexity index is 353. The number of ether oxygens (including phenoxy) is 1. The highest BCUT2D eigenvalue weighted by Gasteiger charge is 2.06. The van der Waals surface area contributed by atoms with Crippen LogP contribution in [-0.2, 0) is 6.54 Å². The average Bonchev–Trinajstić information content (AvgIpc) is 2.22. The lowest BCUT2D eigenvalue weighted by atomic mass is 10.1. The molecule has 3 N–H and O–H groups in total. The zero-order valence-corrected chi connectivity index (χ0v) is 10.8. The highest BCUT2D eigenvalue weighted by atomic mass is 35.5. The Morgan fingerprint density at radius 1 is 1.50 bits per heavy atom. The van der Waals surface area contributed by atoms with E-state index in [1.165, 1.54) is 11.1 Å². The lowest BCUT2D eigenvalue weighted by Crippen LogP contribution is -2.30. The van der Waals surface area contributed by atoms with Gasteiger partial charge in [-0.05, 0) is 37.1 Å². The van der Waals surface area contributed by atoms with Crippen LogP contribution in [0.1, 0.15) is 18.1 Å². The van der Waals surface area contributed by atoms with Gasteiger partial charge in [0.15, 0.2) is 0 Å². The van der Waals surface area contributed by atoms with Crippen LogP contribution >= 0.6 is 11.6 Å². The number of nitrogens with two attached hydrogens (primary N) is 1. The van der Waals surface area contributed by atoms with Crippen molar-refractivity contribution in [2.75, 3.05) is 13.7 Å². The van der Waals surface area contributed by atoms with Gasteiger partial charge in [-0.25, -0.2) is 0 Å². The number of hydrogen-bond acceptors (Lipinski definition) is 3. The van der Waals surface area contributed by atoms with E-state index in [4.69, 9.17) is 22.1 Å². The standard InChI is InChI=1S/C12H19ClN2O/c1-8-4-12(16-3)11(13)5-10(8)7-15-6-9(2)14/h4-5,9,15H,6-7,14H2,1-3H3. The summed E-state index contributed by atoms with van der Waals surface area (Å²) in [6.07, 6.45) is 0. The van der Waals surface area contributed by atoms with Crippen molar-refractivity contribution in [1.82, 2.24) is 5.32 Å². The predicted molar refractivity (Wildman–Crippen MR) is 68.1 cm³/mol. The molecule has 1 aromatic carbocycles. The number of nitrogens with one attached hydrogen (secondary N) is 1. The van der Waals surface area contributed by atoms with E-state index in [0.29, 0.717) is 5.02 Å². The molecule has 1 unspecified atom stereocenters. The second-order valence-corrected chi connectivity index (χ2v) is 4.43. The minimum Gasteiger partial charge on any atom is -0.495 e. The van der Waals surface area contributed by atoms with Crippen LogP contribution in [0.15, 0.2) is 12.1 Å². The van der Waals surface area contributed by atoms with E-state index in [9.17, 15) is 0 Å². The summed E-state index contributed by atoms with van der Waals surface area (Å²) in [6.45, 7) is 5.59. The fraction of sp³-hybridized carbons (Fsp3) is 0.500. The third-order valence-corrected chi connectivity index (χ3v) is 2.69. The highest BCUT2D eigenvalue weighted by Crippen LogP contribution is 2.27. The molecule has 0 fully saturated rings. The molecule has 0 amide bonds. The largest absolute Gasteiger partial charge is 0.495 e. The molecule has 0 radical (unpaired) electrons. The van der Waals surface area contributed by atoms with E-state index >= 15 is 0 Å². The van der Waals surface area contributed by atoms with Crippen molar-refractivity contribution in [2.24, 2.45) is 5.73 Å². The molecule has 90 valence electrons. The molecule has 0 aliphatic rings. The van der Waals surface area contributed by atoms with E-state index in [0.717, 1.165) is 18.8 Å². The minimum atomic E-state index is 0.161.